The van der Waals surface area contributed by atoms with Gasteiger partial charge in [0.25, 0.3) is 0 Å². The monoisotopic (exact) mass is 236 g/mol. The summed E-state index contributed by atoms with van der Waals surface area (Å²) < 4.78 is 1.86. The lowest BCUT2D eigenvalue weighted by atomic mass is 10.8. The zero-order valence-corrected chi connectivity index (χ0v) is 10.4. The predicted molar refractivity (Wildman–Crippen MR) is 69.8 cm³/mol. The highest BCUT2D eigenvalue weighted by Crippen LogP contribution is 2.33. The standard InChI is InChI=1S/C8H12S4/c1-3-5-11-7(9)8(10)12-6-4-2/h3-6,9-10H,1-2H3/b5-3+,6-4+,8-7?. The number of allylic oxidation sites excluding steroid dienone is 2. The Hall–Kier alpha value is 0.620. The Balaban J connectivity index is 4.05. The third-order valence-electron chi connectivity index (χ3n) is 0.814. The lowest BCUT2D eigenvalue weighted by Gasteiger charge is -1.98. The zero-order chi connectivity index (χ0) is 9.40. The van der Waals surface area contributed by atoms with E-state index in [0.29, 0.717) is 0 Å². The van der Waals surface area contributed by atoms with Crippen molar-refractivity contribution in [3.8, 4) is 0 Å². The Labute approximate surface area is 93.8 Å². The number of thiol groups is 2. The lowest BCUT2D eigenvalue weighted by molar-refractivity contribution is 1.79. The van der Waals surface area contributed by atoms with E-state index in [1.54, 1.807) is 23.5 Å². The van der Waals surface area contributed by atoms with Crippen LogP contribution in [0.2, 0.25) is 0 Å². The Morgan fingerprint density at radius 3 is 1.50 bits per heavy atom. The van der Waals surface area contributed by atoms with E-state index in [2.05, 4.69) is 25.3 Å². The smallest absolute Gasteiger partial charge is 0.0614 e. The molecule has 0 spiro atoms. The molecule has 0 aromatic carbocycles. The molecule has 0 aliphatic heterocycles. The molecule has 0 aliphatic carbocycles. The van der Waals surface area contributed by atoms with Crippen LogP contribution in [0.15, 0.2) is 31.4 Å². The predicted octanol–water partition coefficient (Wildman–Crippen LogP) is 4.51. The molecule has 12 heavy (non-hydrogen) atoms. The first-order valence-electron chi connectivity index (χ1n) is 3.40. The SMILES string of the molecule is C/C=C/SC(S)=C(S)S/C=C/C. The van der Waals surface area contributed by atoms with Gasteiger partial charge in [-0.2, -0.15) is 0 Å². The second kappa shape index (κ2) is 8.23. The molecule has 0 amide bonds. The number of rotatable bonds is 4. The molecule has 0 aliphatic rings. The molecule has 0 aromatic heterocycles. The largest absolute Gasteiger partial charge is 0.135 e. The van der Waals surface area contributed by atoms with E-state index < -0.39 is 0 Å². The van der Waals surface area contributed by atoms with Crippen LogP contribution in [0.4, 0.5) is 0 Å². The van der Waals surface area contributed by atoms with Crippen LogP contribution in [-0.2, 0) is 0 Å². The highest BCUT2D eigenvalue weighted by atomic mass is 32.2. The Bertz CT molecular complexity index is 181. The van der Waals surface area contributed by atoms with Crippen LogP contribution in [0.5, 0.6) is 0 Å². The van der Waals surface area contributed by atoms with E-state index in [9.17, 15) is 0 Å². The molecular weight excluding hydrogens is 224 g/mol. The maximum Gasteiger partial charge on any atom is 0.0614 e. The molecule has 0 aromatic rings. The summed E-state index contributed by atoms with van der Waals surface area (Å²) in [7, 11) is 0. The van der Waals surface area contributed by atoms with Crippen LogP contribution < -0.4 is 0 Å². The van der Waals surface area contributed by atoms with E-state index in [1.807, 2.05) is 36.8 Å². The lowest BCUT2D eigenvalue weighted by Crippen LogP contribution is -1.63. The molecule has 0 saturated heterocycles. The minimum Gasteiger partial charge on any atom is -0.135 e. The second-order valence-corrected chi connectivity index (χ2v) is 5.12. The van der Waals surface area contributed by atoms with Gasteiger partial charge < -0.3 is 0 Å². The van der Waals surface area contributed by atoms with Gasteiger partial charge in [-0.1, -0.05) is 35.7 Å². The minimum atomic E-state index is 0.930. The van der Waals surface area contributed by atoms with Gasteiger partial charge in [-0.3, -0.25) is 0 Å². The highest BCUT2D eigenvalue weighted by molar-refractivity contribution is 8.23. The number of hydrogen-bond donors (Lipinski definition) is 2. The molecule has 0 atom stereocenters. The Morgan fingerprint density at radius 2 is 1.25 bits per heavy atom. The summed E-state index contributed by atoms with van der Waals surface area (Å²) in [5.41, 5.74) is 0. The molecule has 0 rings (SSSR count). The molecule has 0 N–H and O–H groups in total. The number of thioether (sulfide) groups is 2. The van der Waals surface area contributed by atoms with Crippen molar-refractivity contribution in [2.24, 2.45) is 0 Å². The van der Waals surface area contributed by atoms with Crippen molar-refractivity contribution in [2.75, 3.05) is 0 Å². The van der Waals surface area contributed by atoms with Gasteiger partial charge in [-0.15, -0.1) is 25.3 Å². The molecule has 0 fully saturated rings. The van der Waals surface area contributed by atoms with Gasteiger partial charge in [0.1, 0.15) is 0 Å². The minimum absolute atomic E-state index is 0.930. The first kappa shape index (κ1) is 12.6. The summed E-state index contributed by atoms with van der Waals surface area (Å²) in [6.07, 6.45) is 3.95. The molecule has 0 heterocycles. The first-order chi connectivity index (χ1) is 5.72. The van der Waals surface area contributed by atoms with E-state index >= 15 is 0 Å². The van der Waals surface area contributed by atoms with Crippen molar-refractivity contribution >= 4 is 48.8 Å². The van der Waals surface area contributed by atoms with Crippen molar-refractivity contribution in [2.45, 2.75) is 13.8 Å². The van der Waals surface area contributed by atoms with Gasteiger partial charge in [0, 0.05) is 0 Å². The summed E-state index contributed by atoms with van der Waals surface area (Å²) in [6, 6.07) is 0. The average molecular weight is 236 g/mol. The summed E-state index contributed by atoms with van der Waals surface area (Å²) in [6.45, 7) is 3.96. The fourth-order valence-electron chi connectivity index (χ4n) is 0.366. The molecule has 0 saturated carbocycles. The van der Waals surface area contributed by atoms with E-state index in [0.717, 1.165) is 8.47 Å². The first-order valence-corrected chi connectivity index (χ1v) is 6.05. The van der Waals surface area contributed by atoms with Crippen LogP contribution >= 0.6 is 48.8 Å². The Kier molecular flexibility index (Phi) is 8.65. The van der Waals surface area contributed by atoms with Gasteiger partial charge in [0.15, 0.2) is 0 Å². The van der Waals surface area contributed by atoms with Gasteiger partial charge in [0.2, 0.25) is 0 Å². The van der Waals surface area contributed by atoms with Crippen LogP contribution in [0, 0.1) is 0 Å². The maximum absolute atomic E-state index is 4.29. The summed E-state index contributed by atoms with van der Waals surface area (Å²) in [5.74, 6) is 0. The summed E-state index contributed by atoms with van der Waals surface area (Å²) in [4.78, 5) is 0. The maximum atomic E-state index is 4.29. The van der Waals surface area contributed by atoms with Crippen LogP contribution in [0.1, 0.15) is 13.8 Å². The van der Waals surface area contributed by atoms with Gasteiger partial charge >= 0.3 is 0 Å². The van der Waals surface area contributed by atoms with E-state index in [4.69, 9.17) is 0 Å². The summed E-state index contributed by atoms with van der Waals surface area (Å²) in [5, 5.41) is 3.96. The summed E-state index contributed by atoms with van der Waals surface area (Å²) >= 11 is 11.7. The molecule has 0 unspecified atom stereocenters. The van der Waals surface area contributed by atoms with Crippen molar-refractivity contribution < 1.29 is 0 Å². The van der Waals surface area contributed by atoms with Crippen LogP contribution in [-0.4, -0.2) is 0 Å². The van der Waals surface area contributed by atoms with Crippen molar-refractivity contribution in [3.05, 3.63) is 31.4 Å². The third kappa shape index (κ3) is 6.17. The molecule has 0 nitrogen and oxygen atoms in total. The normalized spacial score (nSPS) is 14.3. The van der Waals surface area contributed by atoms with Crippen molar-refractivity contribution in [1.82, 2.24) is 0 Å². The highest BCUT2D eigenvalue weighted by Gasteiger charge is 1.95. The molecule has 0 bridgehead atoms. The zero-order valence-electron chi connectivity index (χ0n) is 7.02. The van der Waals surface area contributed by atoms with Gasteiger partial charge in [0.05, 0.1) is 8.47 Å². The quantitative estimate of drug-likeness (QED) is 0.690. The van der Waals surface area contributed by atoms with Gasteiger partial charge in [-0.05, 0) is 24.7 Å². The van der Waals surface area contributed by atoms with Crippen molar-refractivity contribution in [1.29, 1.82) is 0 Å². The second-order valence-electron chi connectivity index (χ2n) is 1.78. The molecule has 0 radical (unpaired) electrons. The van der Waals surface area contributed by atoms with E-state index in [1.165, 1.54) is 0 Å². The van der Waals surface area contributed by atoms with E-state index in [-0.39, 0.29) is 0 Å². The van der Waals surface area contributed by atoms with Crippen LogP contribution in [0.3, 0.4) is 0 Å². The third-order valence-corrected chi connectivity index (χ3v) is 4.17. The molecular formula is C8H12S4. The Morgan fingerprint density at radius 1 is 0.917 bits per heavy atom. The van der Waals surface area contributed by atoms with Crippen molar-refractivity contribution in [3.63, 3.8) is 0 Å². The molecule has 68 valence electrons. The average Bonchev–Trinajstić information content (AvgIpc) is 2.10. The molecule has 4 heteroatoms. The fraction of sp³-hybridized carbons (Fsp3) is 0.250. The van der Waals surface area contributed by atoms with Gasteiger partial charge in [-0.25, -0.2) is 0 Å². The van der Waals surface area contributed by atoms with Crippen LogP contribution in [0.25, 0.3) is 0 Å². The number of hydrogen-bond acceptors (Lipinski definition) is 4. The fourth-order valence-corrected chi connectivity index (χ4v) is 2.07. The topological polar surface area (TPSA) is 0 Å².